The molecular weight excluding hydrogens is 325 g/mol. The Balaban J connectivity index is 1.61. The number of hydrogen-bond donors (Lipinski definition) is 1. The zero-order valence-corrected chi connectivity index (χ0v) is 13.0. The van der Waals surface area contributed by atoms with Gasteiger partial charge in [0.1, 0.15) is 18.1 Å². The van der Waals surface area contributed by atoms with Gasteiger partial charge in [0, 0.05) is 5.56 Å². The number of nitrogens with one attached hydrogen (secondary N) is 1. The average Bonchev–Trinajstić information content (AvgIpc) is 2.63. The maximum atomic E-state index is 12.9. The Morgan fingerprint density at radius 3 is 2.48 bits per heavy atom. The summed E-state index contributed by atoms with van der Waals surface area (Å²) < 4.78 is 17.9. The van der Waals surface area contributed by atoms with Gasteiger partial charge in [-0.1, -0.05) is 30.3 Å². The summed E-state index contributed by atoms with van der Waals surface area (Å²) in [4.78, 5) is 27.8. The Labute approximate surface area is 143 Å². The number of rotatable bonds is 4. The van der Waals surface area contributed by atoms with Crippen LogP contribution in [0.25, 0.3) is 0 Å². The van der Waals surface area contributed by atoms with Gasteiger partial charge in [-0.3, -0.25) is 10.1 Å². The van der Waals surface area contributed by atoms with Crippen molar-refractivity contribution in [3.05, 3.63) is 83.4 Å². The summed E-state index contributed by atoms with van der Waals surface area (Å²) in [6.07, 6.45) is 0.414. The molecule has 7 heteroatoms. The van der Waals surface area contributed by atoms with Gasteiger partial charge in [-0.05, 0) is 29.8 Å². The van der Waals surface area contributed by atoms with Crippen LogP contribution in [0, 0.1) is 5.82 Å². The Hall–Kier alpha value is -3.48. The molecule has 2 amide bonds. The van der Waals surface area contributed by atoms with Gasteiger partial charge in [0.05, 0.1) is 6.20 Å². The molecule has 0 unspecified atom stereocenters. The van der Waals surface area contributed by atoms with Crippen LogP contribution in [0.3, 0.4) is 0 Å². The molecule has 0 aliphatic carbocycles. The fourth-order valence-corrected chi connectivity index (χ4v) is 2.06. The van der Waals surface area contributed by atoms with E-state index in [4.69, 9.17) is 4.74 Å². The van der Waals surface area contributed by atoms with Crippen molar-refractivity contribution in [1.29, 1.82) is 0 Å². The standard InChI is InChI=1S/C18H13FN3O3/c19-14-8-6-13(7-9-14)16-20-10-15(17(23)22-16)21-18(24)25-11-12-4-2-1-3-5-12/h1-10H,11H2,(H,21,24). The van der Waals surface area contributed by atoms with E-state index < -0.39 is 17.8 Å². The Morgan fingerprint density at radius 2 is 1.80 bits per heavy atom. The van der Waals surface area contributed by atoms with Gasteiger partial charge in [0.25, 0.3) is 5.91 Å². The van der Waals surface area contributed by atoms with Crippen LogP contribution < -0.4 is 10.6 Å². The largest absolute Gasteiger partial charge is 0.444 e. The number of amides is 2. The minimum absolute atomic E-state index is 0.0788. The van der Waals surface area contributed by atoms with Crippen molar-refractivity contribution < 1.29 is 18.7 Å². The van der Waals surface area contributed by atoms with E-state index in [2.05, 4.69) is 15.6 Å². The monoisotopic (exact) mass is 338 g/mol. The summed E-state index contributed by atoms with van der Waals surface area (Å²) in [5.74, 6) is -0.912. The third-order valence-corrected chi connectivity index (χ3v) is 3.31. The molecule has 125 valence electrons. The molecule has 0 spiro atoms. The molecule has 1 aliphatic rings. The van der Waals surface area contributed by atoms with Crippen molar-refractivity contribution >= 4 is 17.8 Å². The molecule has 0 bridgehead atoms. The summed E-state index contributed by atoms with van der Waals surface area (Å²) in [6.45, 7) is 0.0788. The second-order valence-corrected chi connectivity index (χ2v) is 5.11. The fraction of sp³-hybridized carbons (Fsp3) is 0.0556. The predicted octanol–water partition coefficient (Wildman–Crippen LogP) is 2.48. The number of carbonyl (C=O) groups is 2. The number of benzene rings is 2. The molecule has 1 heterocycles. The molecule has 0 fully saturated rings. The Morgan fingerprint density at radius 1 is 1.08 bits per heavy atom. The molecule has 1 aliphatic heterocycles. The average molecular weight is 338 g/mol. The lowest BCUT2D eigenvalue weighted by Gasteiger charge is -2.13. The fourth-order valence-electron chi connectivity index (χ4n) is 2.06. The highest BCUT2D eigenvalue weighted by Crippen LogP contribution is 2.09. The van der Waals surface area contributed by atoms with Crippen LogP contribution in [0.15, 0.2) is 71.5 Å². The first-order valence-corrected chi connectivity index (χ1v) is 7.39. The van der Waals surface area contributed by atoms with E-state index in [0.29, 0.717) is 5.56 Å². The number of carbonyl (C=O) groups excluding carboxylic acids is 2. The van der Waals surface area contributed by atoms with Crippen LogP contribution >= 0.6 is 0 Å². The number of hydrogen-bond acceptors (Lipinski definition) is 4. The minimum Gasteiger partial charge on any atom is -0.444 e. The van der Waals surface area contributed by atoms with Crippen molar-refractivity contribution in [2.45, 2.75) is 6.61 Å². The van der Waals surface area contributed by atoms with Crippen LogP contribution in [0.2, 0.25) is 0 Å². The summed E-state index contributed by atoms with van der Waals surface area (Å²) in [5.41, 5.74) is 1.23. The quantitative estimate of drug-likeness (QED) is 0.930. The molecule has 3 rings (SSSR count). The lowest BCUT2D eigenvalue weighted by molar-refractivity contribution is -0.116. The van der Waals surface area contributed by atoms with E-state index in [1.807, 2.05) is 30.3 Å². The third kappa shape index (κ3) is 4.29. The molecule has 0 aromatic heterocycles. The first-order chi connectivity index (χ1) is 12.1. The Kier molecular flexibility index (Phi) is 4.84. The third-order valence-electron chi connectivity index (χ3n) is 3.31. The second kappa shape index (κ2) is 7.39. The number of alkyl carbamates (subject to hydrolysis) is 1. The summed E-state index contributed by atoms with van der Waals surface area (Å²) in [6, 6.07) is 14.6. The minimum atomic E-state index is -0.779. The molecule has 6 nitrogen and oxygen atoms in total. The Bertz CT molecular complexity index is 846. The van der Waals surface area contributed by atoms with Gasteiger partial charge in [-0.15, -0.1) is 0 Å². The van der Waals surface area contributed by atoms with Gasteiger partial charge in [-0.2, -0.15) is 5.32 Å². The normalized spacial score (nSPS) is 13.4. The van der Waals surface area contributed by atoms with E-state index in [9.17, 15) is 14.0 Å². The van der Waals surface area contributed by atoms with Gasteiger partial charge in [0.15, 0.2) is 5.84 Å². The van der Waals surface area contributed by atoms with Crippen molar-refractivity contribution in [2.24, 2.45) is 4.99 Å². The maximum absolute atomic E-state index is 12.9. The highest BCUT2D eigenvalue weighted by atomic mass is 19.1. The first-order valence-electron chi connectivity index (χ1n) is 7.39. The summed E-state index contributed by atoms with van der Waals surface area (Å²) >= 11 is 0. The van der Waals surface area contributed by atoms with Gasteiger partial charge >= 0.3 is 6.09 Å². The molecule has 2 aromatic carbocycles. The highest BCUT2D eigenvalue weighted by molar-refractivity contribution is 6.14. The van der Waals surface area contributed by atoms with Gasteiger partial charge in [-0.25, -0.2) is 14.2 Å². The smallest absolute Gasteiger partial charge is 0.412 e. The number of aliphatic imine (C=N–C) groups is 1. The second-order valence-electron chi connectivity index (χ2n) is 5.11. The topological polar surface area (TPSA) is 81.9 Å². The molecular formula is C18H13FN3O3. The molecule has 0 saturated heterocycles. The molecule has 2 aromatic rings. The van der Waals surface area contributed by atoms with Crippen LogP contribution in [0.1, 0.15) is 11.1 Å². The first kappa shape index (κ1) is 16.4. The summed E-state index contributed by atoms with van der Waals surface area (Å²) in [5, 5.41) is 6.09. The lowest BCUT2D eigenvalue weighted by Crippen LogP contribution is -2.36. The molecule has 1 N–H and O–H groups in total. The van der Waals surface area contributed by atoms with E-state index in [1.54, 1.807) is 0 Å². The van der Waals surface area contributed by atoms with Crippen molar-refractivity contribution in [3.8, 4) is 0 Å². The molecule has 0 saturated carbocycles. The predicted molar refractivity (Wildman–Crippen MR) is 87.9 cm³/mol. The molecule has 1 radical (unpaired) electrons. The maximum Gasteiger partial charge on any atom is 0.412 e. The van der Waals surface area contributed by atoms with Crippen LogP contribution in [0.5, 0.6) is 0 Å². The molecule has 0 atom stereocenters. The van der Waals surface area contributed by atoms with E-state index in [1.165, 1.54) is 30.5 Å². The zero-order chi connectivity index (χ0) is 17.6. The van der Waals surface area contributed by atoms with E-state index >= 15 is 0 Å². The number of halogens is 1. The number of amidine groups is 1. The summed E-state index contributed by atoms with van der Waals surface area (Å²) in [7, 11) is 0. The van der Waals surface area contributed by atoms with E-state index in [-0.39, 0.29) is 18.1 Å². The number of nitrogens with zero attached hydrogens (tertiary/aromatic N) is 2. The highest BCUT2D eigenvalue weighted by Gasteiger charge is 2.22. The van der Waals surface area contributed by atoms with Crippen LogP contribution in [-0.2, 0) is 16.1 Å². The van der Waals surface area contributed by atoms with Crippen molar-refractivity contribution in [3.63, 3.8) is 0 Å². The lowest BCUT2D eigenvalue weighted by atomic mass is 10.2. The molecule has 25 heavy (non-hydrogen) atoms. The van der Waals surface area contributed by atoms with Gasteiger partial charge < -0.3 is 4.74 Å². The van der Waals surface area contributed by atoms with E-state index in [0.717, 1.165) is 5.56 Å². The van der Waals surface area contributed by atoms with Crippen LogP contribution in [0.4, 0.5) is 9.18 Å². The van der Waals surface area contributed by atoms with Crippen molar-refractivity contribution in [1.82, 2.24) is 10.6 Å². The van der Waals surface area contributed by atoms with Crippen LogP contribution in [-0.4, -0.2) is 17.8 Å². The van der Waals surface area contributed by atoms with Crippen molar-refractivity contribution in [2.75, 3.05) is 0 Å². The van der Waals surface area contributed by atoms with Gasteiger partial charge in [0.2, 0.25) is 0 Å². The SMILES string of the molecule is O=C(NC1=CN=C(c2ccc(F)cc2)[N]C1=O)OCc1ccccc1. The zero-order valence-electron chi connectivity index (χ0n) is 13.0. The number of ether oxygens (including phenoxy) is 1.